The van der Waals surface area contributed by atoms with Gasteiger partial charge in [0.05, 0.1) is 16.6 Å². The summed E-state index contributed by atoms with van der Waals surface area (Å²) < 4.78 is 6.31. The summed E-state index contributed by atoms with van der Waals surface area (Å²) >= 11 is 9.68. The number of benzene rings is 1. The summed E-state index contributed by atoms with van der Waals surface area (Å²) in [5.74, 6) is 0.771. The maximum atomic E-state index is 6.11. The number of ether oxygens (including phenoxy) is 1. The Hall–Kier alpha value is -0.210. The van der Waals surface area contributed by atoms with Crippen LogP contribution in [0.3, 0.4) is 0 Å². The van der Waals surface area contributed by atoms with Crippen LogP contribution in [0.15, 0.2) is 10.5 Å². The molecule has 1 nitrogen and oxygen atoms in total. The molecule has 1 aromatic rings. The Morgan fingerprint density at radius 3 is 2.79 bits per heavy atom. The number of rotatable bonds is 1. The molecular weight excluding hydrogens is 263 g/mol. The topological polar surface area (TPSA) is 9.23 Å². The van der Waals surface area contributed by atoms with E-state index in [9.17, 15) is 0 Å². The molecule has 76 valence electrons. The molecule has 2 rings (SSSR count). The number of fused-ring (bicyclic) bond motifs is 1. The summed E-state index contributed by atoms with van der Waals surface area (Å²) in [6.07, 6.45) is 4.79. The van der Waals surface area contributed by atoms with Crippen LogP contribution in [-0.4, -0.2) is 7.11 Å². The van der Waals surface area contributed by atoms with E-state index in [0.29, 0.717) is 5.02 Å². The predicted molar refractivity (Wildman–Crippen MR) is 62.3 cm³/mol. The zero-order chi connectivity index (χ0) is 10.1. The molecule has 0 atom stereocenters. The Balaban J connectivity index is 2.57. The van der Waals surface area contributed by atoms with E-state index in [4.69, 9.17) is 16.3 Å². The molecule has 3 heteroatoms. The van der Waals surface area contributed by atoms with E-state index in [1.165, 1.54) is 24.0 Å². The fourth-order valence-corrected chi connectivity index (χ4v) is 3.23. The number of methoxy groups -OCH3 is 1. The Morgan fingerprint density at radius 1 is 1.36 bits per heavy atom. The van der Waals surface area contributed by atoms with Crippen molar-refractivity contribution in [1.29, 1.82) is 0 Å². The van der Waals surface area contributed by atoms with Gasteiger partial charge in [-0.25, -0.2) is 0 Å². The summed E-state index contributed by atoms with van der Waals surface area (Å²) in [7, 11) is 1.65. The monoisotopic (exact) mass is 274 g/mol. The van der Waals surface area contributed by atoms with Gasteiger partial charge in [0.25, 0.3) is 0 Å². The van der Waals surface area contributed by atoms with Crippen LogP contribution in [0, 0.1) is 0 Å². The first kappa shape index (κ1) is 10.3. The lowest BCUT2D eigenvalue weighted by Crippen LogP contribution is -2.04. The van der Waals surface area contributed by atoms with Crippen LogP contribution < -0.4 is 4.74 Å². The van der Waals surface area contributed by atoms with Crippen LogP contribution >= 0.6 is 27.5 Å². The Kier molecular flexibility index (Phi) is 3.03. The van der Waals surface area contributed by atoms with Gasteiger partial charge in [0.1, 0.15) is 0 Å². The first-order valence-electron chi connectivity index (χ1n) is 4.77. The second-order valence-electron chi connectivity index (χ2n) is 3.55. The van der Waals surface area contributed by atoms with E-state index in [2.05, 4.69) is 15.9 Å². The van der Waals surface area contributed by atoms with E-state index < -0.39 is 0 Å². The third kappa shape index (κ3) is 1.66. The highest BCUT2D eigenvalue weighted by Crippen LogP contribution is 2.40. The average Bonchev–Trinajstić information content (AvgIpc) is 2.18. The van der Waals surface area contributed by atoms with Crippen LogP contribution in [0.25, 0.3) is 0 Å². The fraction of sp³-hybridized carbons (Fsp3) is 0.455. The van der Waals surface area contributed by atoms with Crippen molar-refractivity contribution in [2.75, 3.05) is 7.11 Å². The fourth-order valence-electron chi connectivity index (χ4n) is 1.99. The molecular formula is C11H12BrClO. The van der Waals surface area contributed by atoms with Crippen molar-refractivity contribution in [3.63, 3.8) is 0 Å². The van der Waals surface area contributed by atoms with Crippen LogP contribution in [0.2, 0.25) is 5.02 Å². The Morgan fingerprint density at radius 2 is 2.07 bits per heavy atom. The Bertz CT molecular complexity index is 363. The number of aryl methyl sites for hydroxylation is 1. The maximum absolute atomic E-state index is 6.11. The van der Waals surface area contributed by atoms with Crippen molar-refractivity contribution in [3.8, 4) is 5.75 Å². The summed E-state index contributed by atoms with van der Waals surface area (Å²) in [4.78, 5) is 0. The van der Waals surface area contributed by atoms with Gasteiger partial charge >= 0.3 is 0 Å². The van der Waals surface area contributed by atoms with Gasteiger partial charge in [0.15, 0.2) is 5.75 Å². The molecule has 0 N–H and O–H groups in total. The van der Waals surface area contributed by atoms with Gasteiger partial charge in [-0.3, -0.25) is 0 Å². The van der Waals surface area contributed by atoms with Crippen LogP contribution in [0.4, 0.5) is 0 Å². The van der Waals surface area contributed by atoms with Gasteiger partial charge in [0, 0.05) is 0 Å². The molecule has 0 unspecified atom stereocenters. The number of hydrogen-bond acceptors (Lipinski definition) is 1. The van der Waals surface area contributed by atoms with Crippen molar-refractivity contribution in [2.24, 2.45) is 0 Å². The normalized spacial score (nSPS) is 15.1. The second-order valence-corrected chi connectivity index (χ2v) is 4.75. The highest BCUT2D eigenvalue weighted by atomic mass is 79.9. The summed E-state index contributed by atoms with van der Waals surface area (Å²) in [6.45, 7) is 0. The molecule has 0 fully saturated rings. The van der Waals surface area contributed by atoms with Gasteiger partial charge in [-0.05, 0) is 58.8 Å². The smallest absolute Gasteiger partial charge is 0.151 e. The molecule has 0 saturated heterocycles. The molecule has 14 heavy (non-hydrogen) atoms. The number of hydrogen-bond donors (Lipinski definition) is 0. The van der Waals surface area contributed by atoms with E-state index in [1.54, 1.807) is 7.11 Å². The Labute approximate surface area is 97.5 Å². The minimum Gasteiger partial charge on any atom is -0.494 e. The molecule has 1 aliphatic carbocycles. The molecule has 1 aromatic carbocycles. The van der Waals surface area contributed by atoms with Gasteiger partial charge in [-0.1, -0.05) is 11.6 Å². The van der Waals surface area contributed by atoms with Gasteiger partial charge in [0.2, 0.25) is 0 Å². The lowest BCUT2D eigenvalue weighted by Gasteiger charge is -2.19. The largest absolute Gasteiger partial charge is 0.494 e. The summed E-state index contributed by atoms with van der Waals surface area (Å²) in [5, 5.41) is 0.708. The molecule has 0 amide bonds. The van der Waals surface area contributed by atoms with E-state index >= 15 is 0 Å². The van der Waals surface area contributed by atoms with Gasteiger partial charge < -0.3 is 4.74 Å². The second kappa shape index (κ2) is 4.11. The third-order valence-corrected chi connectivity index (χ3v) is 3.82. The van der Waals surface area contributed by atoms with Crippen molar-refractivity contribution in [2.45, 2.75) is 25.7 Å². The summed E-state index contributed by atoms with van der Waals surface area (Å²) in [5.41, 5.74) is 2.74. The van der Waals surface area contributed by atoms with E-state index in [1.807, 2.05) is 6.07 Å². The van der Waals surface area contributed by atoms with E-state index in [0.717, 1.165) is 23.1 Å². The standard InChI is InChI=1S/C11H12BrClO/c1-14-11-9(13)6-7-4-2-3-5-8(7)10(11)12/h6H,2-5H2,1H3. The maximum Gasteiger partial charge on any atom is 0.151 e. The lowest BCUT2D eigenvalue weighted by atomic mass is 9.91. The third-order valence-electron chi connectivity index (χ3n) is 2.70. The van der Waals surface area contributed by atoms with E-state index in [-0.39, 0.29) is 0 Å². The number of halogens is 2. The molecule has 0 aromatic heterocycles. The SMILES string of the molecule is COc1c(Cl)cc2c(c1Br)CCCC2. The first-order valence-corrected chi connectivity index (χ1v) is 5.95. The van der Waals surface area contributed by atoms with Crippen LogP contribution in [-0.2, 0) is 12.8 Å². The highest BCUT2D eigenvalue weighted by Gasteiger charge is 2.18. The lowest BCUT2D eigenvalue weighted by molar-refractivity contribution is 0.411. The molecule has 0 aliphatic heterocycles. The molecule has 0 radical (unpaired) electrons. The van der Waals surface area contributed by atoms with Crippen molar-refractivity contribution < 1.29 is 4.74 Å². The van der Waals surface area contributed by atoms with Gasteiger partial charge in [-0.15, -0.1) is 0 Å². The quantitative estimate of drug-likeness (QED) is 0.753. The minimum atomic E-state index is 0.708. The highest BCUT2D eigenvalue weighted by molar-refractivity contribution is 9.10. The molecule has 0 spiro atoms. The molecule has 1 aliphatic rings. The predicted octanol–water partition coefficient (Wildman–Crippen LogP) is 3.99. The van der Waals surface area contributed by atoms with Gasteiger partial charge in [-0.2, -0.15) is 0 Å². The molecule has 0 bridgehead atoms. The first-order chi connectivity index (χ1) is 6.74. The van der Waals surface area contributed by atoms with Crippen LogP contribution in [0.5, 0.6) is 5.75 Å². The van der Waals surface area contributed by atoms with Crippen molar-refractivity contribution >= 4 is 27.5 Å². The molecule has 0 heterocycles. The van der Waals surface area contributed by atoms with Crippen molar-refractivity contribution in [1.82, 2.24) is 0 Å². The zero-order valence-electron chi connectivity index (χ0n) is 8.07. The average molecular weight is 276 g/mol. The molecule has 0 saturated carbocycles. The van der Waals surface area contributed by atoms with Crippen molar-refractivity contribution in [3.05, 3.63) is 26.7 Å². The summed E-state index contributed by atoms with van der Waals surface area (Å²) in [6, 6.07) is 2.04. The minimum absolute atomic E-state index is 0.708. The van der Waals surface area contributed by atoms with Crippen LogP contribution in [0.1, 0.15) is 24.0 Å². The zero-order valence-corrected chi connectivity index (χ0v) is 10.4.